The molecule has 2 aromatic carbocycles. The molecule has 3 rings (SSSR count). The van der Waals surface area contributed by atoms with E-state index in [1.807, 2.05) is 26.8 Å². The fourth-order valence-electron chi connectivity index (χ4n) is 3.04. The Morgan fingerprint density at radius 1 is 1.06 bits per heavy atom. The first kappa shape index (κ1) is 24.1. The summed E-state index contributed by atoms with van der Waals surface area (Å²) < 4.78 is 16.5. The lowest BCUT2D eigenvalue weighted by Crippen LogP contribution is -2.41. The summed E-state index contributed by atoms with van der Waals surface area (Å²) in [7, 11) is 0. The molecule has 0 spiro atoms. The number of halogens is 1. The van der Waals surface area contributed by atoms with Gasteiger partial charge in [-0.1, -0.05) is 22.8 Å². The molecule has 174 valence electrons. The van der Waals surface area contributed by atoms with Gasteiger partial charge in [-0.2, -0.15) is 0 Å². The van der Waals surface area contributed by atoms with Gasteiger partial charge < -0.3 is 14.0 Å². The van der Waals surface area contributed by atoms with Gasteiger partial charge >= 0.3 is 0 Å². The number of nitrogens with one attached hydrogen (secondary N) is 2. The van der Waals surface area contributed by atoms with Gasteiger partial charge in [0.1, 0.15) is 23.9 Å². The maximum Gasteiger partial charge on any atom is 0.269 e. The first-order chi connectivity index (χ1) is 15.8. The number of hydrogen-bond donors (Lipinski definition) is 2. The minimum Gasteiger partial charge on any atom is -0.493 e. The van der Waals surface area contributed by atoms with E-state index in [2.05, 4.69) is 16.0 Å². The number of hydrogen-bond acceptors (Lipinski definition) is 6. The summed E-state index contributed by atoms with van der Waals surface area (Å²) in [5, 5.41) is 4.54. The molecule has 1 heterocycles. The van der Waals surface area contributed by atoms with Gasteiger partial charge in [0.2, 0.25) is 5.91 Å². The summed E-state index contributed by atoms with van der Waals surface area (Å²) in [6.45, 7) is 6.21. The maximum atomic E-state index is 12.4. The molecule has 2 N–H and O–H groups in total. The summed E-state index contributed by atoms with van der Waals surface area (Å²) >= 11 is 5.93. The lowest BCUT2D eigenvalue weighted by Gasteiger charge is -2.11. The van der Waals surface area contributed by atoms with Crippen molar-refractivity contribution >= 4 is 23.4 Å². The second-order valence-electron chi connectivity index (χ2n) is 7.48. The average molecular weight is 472 g/mol. The second kappa shape index (κ2) is 11.4. The average Bonchev–Trinajstić information content (AvgIpc) is 3.12. The Balaban J connectivity index is 1.40. The normalized spacial score (nSPS) is 10.5. The van der Waals surface area contributed by atoms with Gasteiger partial charge in [-0.25, -0.2) is 0 Å². The largest absolute Gasteiger partial charge is 0.493 e. The van der Waals surface area contributed by atoms with Crippen LogP contribution in [0.4, 0.5) is 0 Å². The molecule has 0 fully saturated rings. The highest BCUT2D eigenvalue weighted by Crippen LogP contribution is 2.22. The van der Waals surface area contributed by atoms with Gasteiger partial charge in [0.05, 0.1) is 17.9 Å². The Kier molecular flexibility index (Phi) is 8.32. The Labute approximate surface area is 197 Å². The minimum atomic E-state index is -0.445. The number of benzene rings is 2. The fourth-order valence-corrected chi connectivity index (χ4v) is 3.27. The van der Waals surface area contributed by atoms with Crippen LogP contribution in [0.3, 0.4) is 0 Å². The van der Waals surface area contributed by atoms with Crippen LogP contribution in [0, 0.1) is 20.8 Å². The molecule has 0 saturated heterocycles. The molecule has 0 saturated carbocycles. The summed E-state index contributed by atoms with van der Waals surface area (Å²) in [6.07, 6.45) is 0.697. The monoisotopic (exact) mass is 471 g/mol. The van der Waals surface area contributed by atoms with Crippen LogP contribution in [0.1, 0.15) is 45.8 Å². The van der Waals surface area contributed by atoms with Crippen molar-refractivity contribution in [1.82, 2.24) is 16.0 Å². The first-order valence-corrected chi connectivity index (χ1v) is 10.8. The van der Waals surface area contributed by atoms with E-state index in [0.29, 0.717) is 35.1 Å². The van der Waals surface area contributed by atoms with Crippen molar-refractivity contribution in [3.05, 3.63) is 75.6 Å². The van der Waals surface area contributed by atoms with E-state index in [1.165, 1.54) is 0 Å². The predicted octanol–water partition coefficient (Wildman–Crippen LogP) is 4.45. The molecule has 33 heavy (non-hydrogen) atoms. The smallest absolute Gasteiger partial charge is 0.269 e. The molecule has 1 aromatic heterocycles. The van der Waals surface area contributed by atoms with Crippen molar-refractivity contribution < 1.29 is 23.6 Å². The van der Waals surface area contributed by atoms with E-state index in [1.54, 1.807) is 36.4 Å². The standard InChI is InChI=1S/C24H26ClN3O5/c1-15-12-19(25)9-10-22(15)31-11-5-8-23(29)26-27-24(30)18-6-4-7-20(13-18)32-14-21-16(2)28-33-17(21)3/h4,6-7,9-10,12-13H,5,8,11,14H2,1-3H3,(H,26,29)(H,27,30). The molecule has 0 aliphatic carbocycles. The van der Waals surface area contributed by atoms with E-state index in [0.717, 1.165) is 22.6 Å². The van der Waals surface area contributed by atoms with Gasteiger partial charge in [-0.3, -0.25) is 20.4 Å². The lowest BCUT2D eigenvalue weighted by molar-refractivity contribution is -0.122. The summed E-state index contributed by atoms with van der Waals surface area (Å²) in [5.41, 5.74) is 7.74. The fraction of sp³-hybridized carbons (Fsp3) is 0.292. The number of amides is 2. The number of ether oxygens (including phenoxy) is 2. The Morgan fingerprint density at radius 2 is 1.88 bits per heavy atom. The van der Waals surface area contributed by atoms with Gasteiger partial charge in [0.25, 0.3) is 5.91 Å². The van der Waals surface area contributed by atoms with Crippen molar-refractivity contribution in [3.63, 3.8) is 0 Å². The van der Waals surface area contributed by atoms with Crippen LogP contribution in [0.15, 0.2) is 47.0 Å². The third kappa shape index (κ3) is 6.98. The van der Waals surface area contributed by atoms with E-state index in [-0.39, 0.29) is 18.9 Å². The van der Waals surface area contributed by atoms with Crippen LogP contribution in [0.5, 0.6) is 11.5 Å². The molecule has 0 aliphatic rings. The summed E-state index contributed by atoms with van der Waals surface area (Å²) in [6, 6.07) is 12.0. The number of nitrogens with zero attached hydrogens (tertiary/aromatic N) is 1. The molecule has 0 bridgehead atoms. The van der Waals surface area contributed by atoms with E-state index >= 15 is 0 Å². The van der Waals surface area contributed by atoms with E-state index < -0.39 is 5.91 Å². The minimum absolute atomic E-state index is 0.202. The van der Waals surface area contributed by atoms with Crippen LogP contribution in [0.2, 0.25) is 5.02 Å². The van der Waals surface area contributed by atoms with Gasteiger partial charge in [-0.15, -0.1) is 0 Å². The zero-order chi connectivity index (χ0) is 23.8. The topological polar surface area (TPSA) is 103 Å². The number of carbonyl (C=O) groups is 2. The van der Waals surface area contributed by atoms with Crippen molar-refractivity contribution in [1.29, 1.82) is 0 Å². The molecule has 8 nitrogen and oxygen atoms in total. The van der Waals surface area contributed by atoms with Crippen LogP contribution in [-0.2, 0) is 11.4 Å². The highest BCUT2D eigenvalue weighted by atomic mass is 35.5. The Hall–Kier alpha value is -3.52. The second-order valence-corrected chi connectivity index (χ2v) is 7.92. The molecule has 9 heteroatoms. The maximum absolute atomic E-state index is 12.4. The van der Waals surface area contributed by atoms with Crippen LogP contribution >= 0.6 is 11.6 Å². The van der Waals surface area contributed by atoms with Crippen molar-refractivity contribution in [2.45, 2.75) is 40.2 Å². The van der Waals surface area contributed by atoms with E-state index in [9.17, 15) is 9.59 Å². The van der Waals surface area contributed by atoms with Crippen LogP contribution < -0.4 is 20.3 Å². The highest BCUT2D eigenvalue weighted by Gasteiger charge is 2.12. The third-order valence-corrected chi connectivity index (χ3v) is 5.15. The first-order valence-electron chi connectivity index (χ1n) is 10.5. The zero-order valence-corrected chi connectivity index (χ0v) is 19.5. The molecular formula is C24H26ClN3O5. The number of hydrazine groups is 1. The molecule has 0 aliphatic heterocycles. The van der Waals surface area contributed by atoms with Crippen LogP contribution in [-0.4, -0.2) is 23.6 Å². The number of rotatable bonds is 9. The van der Waals surface area contributed by atoms with Crippen molar-refractivity contribution in [3.8, 4) is 11.5 Å². The SMILES string of the molecule is Cc1cc(Cl)ccc1OCCCC(=O)NNC(=O)c1cccc(OCc2c(C)noc2C)c1. The molecule has 0 radical (unpaired) electrons. The third-order valence-electron chi connectivity index (χ3n) is 4.92. The Bertz CT molecular complexity index is 1110. The number of carbonyl (C=O) groups excluding carboxylic acids is 2. The van der Waals surface area contributed by atoms with Crippen LogP contribution in [0.25, 0.3) is 0 Å². The number of aromatic nitrogens is 1. The zero-order valence-electron chi connectivity index (χ0n) is 18.7. The predicted molar refractivity (Wildman–Crippen MR) is 123 cm³/mol. The van der Waals surface area contributed by atoms with Crippen molar-refractivity contribution in [2.75, 3.05) is 6.61 Å². The van der Waals surface area contributed by atoms with Crippen molar-refractivity contribution in [2.24, 2.45) is 0 Å². The van der Waals surface area contributed by atoms with Gasteiger partial charge in [0, 0.05) is 17.0 Å². The number of aryl methyl sites for hydroxylation is 3. The lowest BCUT2D eigenvalue weighted by atomic mass is 10.2. The molecule has 0 atom stereocenters. The Morgan fingerprint density at radius 3 is 2.61 bits per heavy atom. The summed E-state index contributed by atoms with van der Waals surface area (Å²) in [4.78, 5) is 24.4. The quantitative estimate of drug-likeness (QED) is 0.353. The molecule has 2 amide bonds. The molecule has 3 aromatic rings. The molecule has 0 unspecified atom stereocenters. The van der Waals surface area contributed by atoms with Gasteiger partial charge in [-0.05, 0) is 69.2 Å². The van der Waals surface area contributed by atoms with Gasteiger partial charge in [0.15, 0.2) is 0 Å². The highest BCUT2D eigenvalue weighted by molar-refractivity contribution is 6.30. The molecular weight excluding hydrogens is 446 g/mol. The summed E-state index contributed by atoms with van der Waals surface area (Å²) in [5.74, 6) is 1.18. The van der Waals surface area contributed by atoms with E-state index in [4.69, 9.17) is 25.6 Å².